The van der Waals surface area contributed by atoms with Crippen molar-refractivity contribution < 1.29 is 4.79 Å². The van der Waals surface area contributed by atoms with E-state index < -0.39 is 0 Å². The Morgan fingerprint density at radius 2 is 1.81 bits per heavy atom. The first-order chi connectivity index (χ1) is 13.3. The van der Waals surface area contributed by atoms with Crippen LogP contribution >= 0.6 is 0 Å². The maximum absolute atomic E-state index is 12.7. The lowest BCUT2D eigenvalue weighted by molar-refractivity contribution is 0.0945. The summed E-state index contributed by atoms with van der Waals surface area (Å²) >= 11 is 0. The number of rotatable bonds is 6. The van der Waals surface area contributed by atoms with E-state index in [0.29, 0.717) is 18.7 Å². The van der Waals surface area contributed by atoms with Crippen molar-refractivity contribution in [1.29, 1.82) is 0 Å². The van der Waals surface area contributed by atoms with Crippen molar-refractivity contribution in [2.75, 3.05) is 6.54 Å². The molecule has 0 radical (unpaired) electrons. The zero-order valence-electron chi connectivity index (χ0n) is 15.3. The first kappa shape index (κ1) is 17.1. The van der Waals surface area contributed by atoms with Gasteiger partial charge in [-0.15, -0.1) is 0 Å². The number of hydrogen-bond donors (Lipinski definition) is 1. The van der Waals surface area contributed by atoms with E-state index in [-0.39, 0.29) is 5.91 Å². The Morgan fingerprint density at radius 3 is 2.63 bits per heavy atom. The molecule has 0 aliphatic carbocycles. The van der Waals surface area contributed by atoms with Crippen LogP contribution in [0.5, 0.6) is 0 Å². The number of carbonyl (C=O) groups excluding carboxylic acids is 1. The summed E-state index contributed by atoms with van der Waals surface area (Å²) < 4.78 is 3.90. The Labute approximate surface area is 158 Å². The van der Waals surface area contributed by atoms with E-state index in [1.54, 1.807) is 0 Å². The molecule has 5 nitrogen and oxygen atoms in total. The molecule has 0 atom stereocenters. The highest BCUT2D eigenvalue weighted by molar-refractivity contribution is 5.98. The van der Waals surface area contributed by atoms with Crippen molar-refractivity contribution in [3.8, 4) is 5.69 Å². The minimum atomic E-state index is -0.0458. The van der Waals surface area contributed by atoms with E-state index in [2.05, 4.69) is 21.9 Å². The van der Waals surface area contributed by atoms with Crippen LogP contribution in [0.25, 0.3) is 16.6 Å². The first-order valence-corrected chi connectivity index (χ1v) is 9.22. The van der Waals surface area contributed by atoms with Crippen molar-refractivity contribution in [3.05, 3.63) is 84.3 Å². The number of carbonyl (C=O) groups is 1. The van der Waals surface area contributed by atoms with E-state index in [1.807, 2.05) is 77.6 Å². The molecule has 4 rings (SSSR count). The lowest BCUT2D eigenvalue weighted by Crippen LogP contribution is -2.27. The van der Waals surface area contributed by atoms with E-state index in [0.717, 1.165) is 28.8 Å². The van der Waals surface area contributed by atoms with Crippen LogP contribution in [-0.2, 0) is 13.0 Å². The number of benzene rings is 2. The maximum atomic E-state index is 12.7. The summed E-state index contributed by atoms with van der Waals surface area (Å²) in [5, 5.41) is 8.69. The molecule has 5 heteroatoms. The molecule has 2 aromatic carbocycles. The van der Waals surface area contributed by atoms with Gasteiger partial charge in [-0.25, -0.2) is 4.68 Å². The van der Waals surface area contributed by atoms with Crippen LogP contribution in [-0.4, -0.2) is 26.8 Å². The van der Waals surface area contributed by atoms with Gasteiger partial charge in [0.15, 0.2) is 0 Å². The van der Waals surface area contributed by atoms with Crippen molar-refractivity contribution in [2.24, 2.45) is 0 Å². The van der Waals surface area contributed by atoms with Crippen LogP contribution in [0.2, 0.25) is 0 Å². The quantitative estimate of drug-likeness (QED) is 0.570. The minimum absolute atomic E-state index is 0.0458. The molecule has 136 valence electrons. The highest BCUT2D eigenvalue weighted by Crippen LogP contribution is 2.19. The van der Waals surface area contributed by atoms with Crippen molar-refractivity contribution in [3.63, 3.8) is 0 Å². The Kier molecular flexibility index (Phi) is 4.75. The normalized spacial score (nSPS) is 11.0. The average Bonchev–Trinajstić information content (AvgIpc) is 3.33. The lowest BCUT2D eigenvalue weighted by atomic mass is 10.2. The summed E-state index contributed by atoms with van der Waals surface area (Å²) in [5.41, 5.74) is 3.77. The fourth-order valence-electron chi connectivity index (χ4n) is 3.35. The average molecular weight is 358 g/mol. The summed E-state index contributed by atoms with van der Waals surface area (Å²) in [6, 6.07) is 22.0. The van der Waals surface area contributed by atoms with Gasteiger partial charge in [-0.3, -0.25) is 4.79 Å². The smallest absolute Gasteiger partial charge is 0.267 e. The number of hydrogen-bond acceptors (Lipinski definition) is 2. The fourth-order valence-corrected chi connectivity index (χ4v) is 3.35. The molecule has 4 aromatic rings. The fraction of sp³-hybridized carbons (Fsp3) is 0.182. The van der Waals surface area contributed by atoms with Gasteiger partial charge in [0.1, 0.15) is 5.69 Å². The van der Waals surface area contributed by atoms with Gasteiger partial charge in [0.05, 0.1) is 11.4 Å². The summed E-state index contributed by atoms with van der Waals surface area (Å²) in [4.78, 5) is 12.7. The molecule has 27 heavy (non-hydrogen) atoms. The van der Waals surface area contributed by atoms with Crippen LogP contribution in [0.4, 0.5) is 0 Å². The summed E-state index contributed by atoms with van der Waals surface area (Å²) in [6.45, 7) is 3.37. The second-order valence-electron chi connectivity index (χ2n) is 6.43. The monoisotopic (exact) mass is 358 g/mol. The minimum Gasteiger partial charge on any atom is -0.350 e. The Morgan fingerprint density at radius 1 is 1.04 bits per heavy atom. The van der Waals surface area contributed by atoms with Gasteiger partial charge in [-0.05, 0) is 37.3 Å². The number of fused-ring (bicyclic) bond motifs is 1. The molecule has 1 N–H and O–H groups in total. The number of nitrogens with one attached hydrogen (secondary N) is 1. The predicted octanol–water partition coefficient (Wildman–Crippen LogP) is 3.82. The molecule has 2 aromatic heterocycles. The number of amides is 1. The number of aryl methyl sites for hydroxylation is 1. The Hall–Kier alpha value is -3.34. The number of para-hydroxylation sites is 2. The van der Waals surface area contributed by atoms with Crippen molar-refractivity contribution in [2.45, 2.75) is 19.9 Å². The summed E-state index contributed by atoms with van der Waals surface area (Å²) in [6.07, 6.45) is 2.64. The predicted molar refractivity (Wildman–Crippen MR) is 107 cm³/mol. The molecule has 0 saturated heterocycles. The first-order valence-electron chi connectivity index (χ1n) is 9.22. The van der Waals surface area contributed by atoms with Crippen LogP contribution in [0, 0.1) is 0 Å². The van der Waals surface area contributed by atoms with E-state index >= 15 is 0 Å². The molecule has 0 spiro atoms. The molecular formula is C22H22N4O. The van der Waals surface area contributed by atoms with Crippen LogP contribution in [0.1, 0.15) is 23.1 Å². The second-order valence-corrected chi connectivity index (χ2v) is 6.43. The maximum Gasteiger partial charge on any atom is 0.267 e. The lowest BCUT2D eigenvalue weighted by Gasteiger charge is -2.08. The van der Waals surface area contributed by atoms with Crippen LogP contribution in [0.3, 0.4) is 0 Å². The van der Waals surface area contributed by atoms with Crippen LogP contribution < -0.4 is 5.32 Å². The molecule has 0 unspecified atom stereocenters. The van der Waals surface area contributed by atoms with Crippen molar-refractivity contribution >= 4 is 16.8 Å². The topological polar surface area (TPSA) is 51.9 Å². The SMILES string of the molecule is CCn1c(C(=O)NCCc2ccn(-c3ccccc3)n2)cc2ccccc21. The molecule has 0 aliphatic heterocycles. The Bertz CT molecular complexity index is 1060. The van der Waals surface area contributed by atoms with E-state index in [9.17, 15) is 4.79 Å². The number of aromatic nitrogens is 3. The van der Waals surface area contributed by atoms with Gasteiger partial charge < -0.3 is 9.88 Å². The summed E-state index contributed by atoms with van der Waals surface area (Å²) in [5.74, 6) is -0.0458. The van der Waals surface area contributed by atoms with Gasteiger partial charge in [-0.2, -0.15) is 5.10 Å². The highest BCUT2D eigenvalue weighted by atomic mass is 16.1. The molecule has 0 bridgehead atoms. The zero-order valence-corrected chi connectivity index (χ0v) is 15.3. The van der Waals surface area contributed by atoms with Gasteiger partial charge >= 0.3 is 0 Å². The molecule has 2 heterocycles. The highest BCUT2D eigenvalue weighted by Gasteiger charge is 2.14. The van der Waals surface area contributed by atoms with Gasteiger partial charge in [0.25, 0.3) is 5.91 Å². The molecule has 0 aliphatic rings. The van der Waals surface area contributed by atoms with Gasteiger partial charge in [0.2, 0.25) is 0 Å². The summed E-state index contributed by atoms with van der Waals surface area (Å²) in [7, 11) is 0. The molecule has 0 saturated carbocycles. The van der Waals surface area contributed by atoms with Gasteiger partial charge in [0, 0.05) is 36.6 Å². The standard InChI is InChI=1S/C22H22N4O/c1-2-25-20-11-7-6-8-17(20)16-21(25)22(27)23-14-12-18-13-15-26(24-18)19-9-4-3-5-10-19/h3-11,13,15-16H,2,12,14H2,1H3,(H,23,27). The van der Waals surface area contributed by atoms with Crippen LogP contribution in [0.15, 0.2) is 72.9 Å². The van der Waals surface area contributed by atoms with Gasteiger partial charge in [-0.1, -0.05) is 36.4 Å². The van der Waals surface area contributed by atoms with E-state index in [1.165, 1.54) is 0 Å². The third-order valence-corrected chi connectivity index (χ3v) is 4.69. The molecule has 0 fully saturated rings. The van der Waals surface area contributed by atoms with Crippen molar-refractivity contribution in [1.82, 2.24) is 19.7 Å². The second kappa shape index (κ2) is 7.50. The molecular weight excluding hydrogens is 336 g/mol. The Balaban J connectivity index is 1.41. The largest absolute Gasteiger partial charge is 0.350 e. The number of nitrogens with zero attached hydrogens (tertiary/aromatic N) is 3. The molecule has 1 amide bonds. The van der Waals surface area contributed by atoms with E-state index in [4.69, 9.17) is 0 Å². The third kappa shape index (κ3) is 3.49. The third-order valence-electron chi connectivity index (χ3n) is 4.69. The zero-order chi connectivity index (χ0) is 18.6.